The first-order chi connectivity index (χ1) is 31.7. The molecule has 0 aromatic rings. The summed E-state index contributed by atoms with van der Waals surface area (Å²) in [6.07, 6.45) is -6.53. The number of carbonyl (C=O) groups excluding carboxylic acids is 1. The molecule has 3 saturated carbocycles. The molecule has 4 aliphatic heterocycles. The zero-order valence-corrected chi connectivity index (χ0v) is 41.3. The number of fused-ring (bicyclic) bond motifs is 5. The van der Waals surface area contributed by atoms with Crippen LogP contribution in [0, 0.1) is 28.6 Å². The standard InChI is InChI=1S/C49H80O18/c1-22(50)29-15-17-49(55)30-13-12-27-18-28(14-16-47(27,6)37(30)39(52)45(54)48(29,49)7)64-34-19-31(56-8)41(24(3)60-34)65-35-20-32(57-9)42(25(4)61-35)66-36-21-33(58-10)43(26(5)62-36)67-46-40(53)44(59-11)38(51)23(2)63-46/h12,23-26,28-46,51-55H,13-21H2,1-11H3. The van der Waals surface area contributed by atoms with E-state index in [1.54, 1.807) is 35.2 Å². The number of Topliss-reactive ketones (excluding diaryl/α,β-unsaturated/α-hetero) is 1. The second-order valence-electron chi connectivity index (χ2n) is 21.4. The van der Waals surface area contributed by atoms with Crippen LogP contribution in [0.3, 0.4) is 0 Å². The predicted molar refractivity (Wildman–Crippen MR) is 236 cm³/mol. The Hall–Kier alpha value is -1.27. The molecule has 26 unspecified atom stereocenters. The van der Waals surface area contributed by atoms with E-state index in [2.05, 4.69) is 13.0 Å². The lowest BCUT2D eigenvalue weighted by atomic mass is 9.44. The molecule has 0 radical (unpaired) electrons. The van der Waals surface area contributed by atoms with E-state index in [4.69, 9.17) is 56.8 Å². The van der Waals surface area contributed by atoms with Crippen molar-refractivity contribution in [3.8, 4) is 0 Å². The van der Waals surface area contributed by atoms with E-state index < -0.39 is 133 Å². The average Bonchev–Trinajstić information content (AvgIpc) is 3.58. The molecule has 0 aromatic heterocycles. The number of ketones is 1. The summed E-state index contributed by atoms with van der Waals surface area (Å²) in [5.74, 6) is -1.19. The maximum atomic E-state index is 12.7. The second-order valence-corrected chi connectivity index (χ2v) is 21.4. The van der Waals surface area contributed by atoms with Crippen LogP contribution in [0.15, 0.2) is 11.6 Å². The van der Waals surface area contributed by atoms with E-state index in [9.17, 15) is 30.3 Å². The number of aliphatic hydroxyl groups is 5. The Morgan fingerprint density at radius 2 is 1.16 bits per heavy atom. The summed E-state index contributed by atoms with van der Waals surface area (Å²) < 4.78 is 74.5. The topological polar surface area (TPSA) is 229 Å². The molecule has 5 N–H and O–H groups in total. The summed E-state index contributed by atoms with van der Waals surface area (Å²) in [4.78, 5) is 12.7. The van der Waals surface area contributed by atoms with Crippen LogP contribution in [0.5, 0.6) is 0 Å². The fourth-order valence-electron chi connectivity index (χ4n) is 14.1. The van der Waals surface area contributed by atoms with Gasteiger partial charge in [0.15, 0.2) is 25.2 Å². The largest absolute Gasteiger partial charge is 0.390 e. The van der Waals surface area contributed by atoms with E-state index in [1.165, 1.54) is 19.6 Å². The van der Waals surface area contributed by atoms with Gasteiger partial charge in [-0.2, -0.15) is 0 Å². The SMILES string of the molecule is COC1CC(OC2CCC3(C)C(=CCC4C3C(O)C(O)C3(C)C(C(C)=O)CCC43O)C2)OC(C)C1OC1CC(OC)C(OC2CC(OC)C(OC3OC(C)C(O)C(OC)C3O)C(C)O2)C(C)O1. The highest BCUT2D eigenvalue weighted by atomic mass is 16.8. The maximum absolute atomic E-state index is 12.7. The molecule has 4 heterocycles. The molecule has 4 aliphatic carbocycles. The van der Waals surface area contributed by atoms with Gasteiger partial charge in [0.25, 0.3) is 0 Å². The van der Waals surface area contributed by atoms with Crippen molar-refractivity contribution in [3.63, 3.8) is 0 Å². The highest BCUT2D eigenvalue weighted by Gasteiger charge is 2.73. The molecule has 0 bridgehead atoms. The smallest absolute Gasteiger partial charge is 0.187 e. The molecule has 67 heavy (non-hydrogen) atoms. The number of aliphatic hydroxyl groups excluding tert-OH is 4. The van der Waals surface area contributed by atoms with Gasteiger partial charge in [0.2, 0.25) is 0 Å². The van der Waals surface area contributed by atoms with Gasteiger partial charge in [-0.1, -0.05) is 25.5 Å². The summed E-state index contributed by atoms with van der Waals surface area (Å²) in [5.41, 5.74) is -1.65. The Morgan fingerprint density at radius 1 is 0.642 bits per heavy atom. The molecule has 0 amide bonds. The molecule has 8 aliphatic rings. The van der Waals surface area contributed by atoms with Crippen molar-refractivity contribution in [2.45, 2.75) is 235 Å². The quantitative estimate of drug-likeness (QED) is 0.167. The third-order valence-corrected chi connectivity index (χ3v) is 17.9. The van der Waals surface area contributed by atoms with Gasteiger partial charge in [0.1, 0.15) is 42.4 Å². The predicted octanol–water partition coefficient (Wildman–Crippen LogP) is 2.68. The summed E-state index contributed by atoms with van der Waals surface area (Å²) in [5, 5.41) is 57.3. The van der Waals surface area contributed by atoms with Crippen LogP contribution in [-0.4, -0.2) is 188 Å². The first-order valence-corrected chi connectivity index (χ1v) is 24.7. The summed E-state index contributed by atoms with van der Waals surface area (Å²) in [6.45, 7) is 12.9. The number of hydrogen-bond acceptors (Lipinski definition) is 18. The molecule has 4 saturated heterocycles. The molecule has 8 rings (SSSR count). The lowest BCUT2D eigenvalue weighted by Gasteiger charge is -2.64. The van der Waals surface area contributed by atoms with E-state index in [-0.39, 0.29) is 29.8 Å². The molecule has 26 atom stereocenters. The fraction of sp³-hybridized carbons (Fsp3) is 0.939. The Bertz CT molecular complexity index is 1740. The third-order valence-electron chi connectivity index (χ3n) is 17.9. The highest BCUT2D eigenvalue weighted by molar-refractivity contribution is 5.80. The van der Waals surface area contributed by atoms with Gasteiger partial charge in [-0.25, -0.2) is 0 Å². The zero-order valence-electron chi connectivity index (χ0n) is 41.3. The summed E-state index contributed by atoms with van der Waals surface area (Å²) >= 11 is 0. The van der Waals surface area contributed by atoms with Crippen molar-refractivity contribution in [2.24, 2.45) is 28.6 Å². The maximum Gasteiger partial charge on any atom is 0.187 e. The van der Waals surface area contributed by atoms with Crippen LogP contribution in [0.25, 0.3) is 0 Å². The number of ether oxygens (including phenoxy) is 12. The van der Waals surface area contributed by atoms with Crippen LogP contribution in [0.2, 0.25) is 0 Å². The van der Waals surface area contributed by atoms with Crippen LogP contribution in [-0.2, 0) is 61.6 Å². The molecule has 0 aromatic carbocycles. The molecule has 0 spiro atoms. The van der Waals surface area contributed by atoms with Gasteiger partial charge in [-0.05, 0) is 84.5 Å². The monoisotopic (exact) mass is 957 g/mol. The number of methoxy groups -OCH3 is 4. The second kappa shape index (κ2) is 20.3. The Labute approximate surface area is 395 Å². The minimum absolute atomic E-state index is 0.0530. The highest BCUT2D eigenvalue weighted by Crippen LogP contribution is 2.68. The van der Waals surface area contributed by atoms with E-state index in [1.807, 2.05) is 20.8 Å². The number of allylic oxidation sites excluding steroid dienone is 1. The fourth-order valence-corrected chi connectivity index (χ4v) is 14.1. The summed E-state index contributed by atoms with van der Waals surface area (Å²) in [6, 6.07) is 0. The van der Waals surface area contributed by atoms with Crippen LogP contribution < -0.4 is 0 Å². The molecular weight excluding hydrogens is 877 g/mol. The number of carbonyl (C=O) groups is 1. The lowest BCUT2D eigenvalue weighted by Crippen LogP contribution is -2.71. The van der Waals surface area contributed by atoms with Gasteiger partial charge in [0, 0.05) is 65.0 Å². The average molecular weight is 957 g/mol. The molecule has 384 valence electrons. The van der Waals surface area contributed by atoms with Crippen molar-refractivity contribution in [1.29, 1.82) is 0 Å². The van der Waals surface area contributed by atoms with E-state index in [0.717, 1.165) is 0 Å². The van der Waals surface area contributed by atoms with Gasteiger partial charge in [-0.3, -0.25) is 4.79 Å². The zero-order chi connectivity index (χ0) is 48.5. The molecule has 18 heteroatoms. The number of rotatable bonds is 13. The van der Waals surface area contributed by atoms with Crippen LogP contribution in [0.1, 0.15) is 106 Å². The van der Waals surface area contributed by atoms with E-state index >= 15 is 0 Å². The van der Waals surface area contributed by atoms with Crippen molar-refractivity contribution in [1.82, 2.24) is 0 Å². The van der Waals surface area contributed by atoms with Crippen LogP contribution in [0.4, 0.5) is 0 Å². The molecule has 7 fully saturated rings. The van der Waals surface area contributed by atoms with Gasteiger partial charge < -0.3 is 82.4 Å². The first-order valence-electron chi connectivity index (χ1n) is 24.7. The van der Waals surface area contributed by atoms with Gasteiger partial charge >= 0.3 is 0 Å². The lowest BCUT2D eigenvalue weighted by molar-refractivity contribution is -0.355. The summed E-state index contributed by atoms with van der Waals surface area (Å²) in [7, 11) is 6.29. The van der Waals surface area contributed by atoms with Gasteiger partial charge in [-0.15, -0.1) is 0 Å². The minimum atomic E-state index is -1.26. The first kappa shape index (κ1) is 52.1. The van der Waals surface area contributed by atoms with E-state index in [0.29, 0.717) is 57.8 Å². The third kappa shape index (κ3) is 9.16. The van der Waals surface area contributed by atoms with Crippen molar-refractivity contribution >= 4 is 5.78 Å². The van der Waals surface area contributed by atoms with Crippen molar-refractivity contribution in [2.75, 3.05) is 28.4 Å². The minimum Gasteiger partial charge on any atom is -0.390 e. The molecule has 18 nitrogen and oxygen atoms in total. The Kier molecular flexibility index (Phi) is 15.8. The van der Waals surface area contributed by atoms with Crippen LogP contribution >= 0.6 is 0 Å². The Morgan fingerprint density at radius 3 is 1.67 bits per heavy atom. The van der Waals surface area contributed by atoms with Gasteiger partial charge in [0.05, 0.1) is 66.6 Å². The normalized spacial score (nSPS) is 53.6. The van der Waals surface area contributed by atoms with Crippen molar-refractivity contribution < 1.29 is 87.2 Å². The van der Waals surface area contributed by atoms with Crippen molar-refractivity contribution in [3.05, 3.63) is 11.6 Å². The number of hydrogen-bond donors (Lipinski definition) is 5. The molecular formula is C49H80O18. The Balaban J connectivity index is 0.844.